The second kappa shape index (κ2) is 9.96. The summed E-state index contributed by atoms with van der Waals surface area (Å²) in [4.78, 5) is 24.9. The quantitative estimate of drug-likeness (QED) is 0.262. The number of para-hydroxylation sites is 1. The van der Waals surface area contributed by atoms with Gasteiger partial charge in [-0.3, -0.25) is 10.1 Å². The van der Waals surface area contributed by atoms with Crippen LogP contribution >= 0.6 is 11.3 Å². The van der Waals surface area contributed by atoms with Gasteiger partial charge >= 0.3 is 5.97 Å². The largest absolute Gasteiger partial charge is 0.465 e. The van der Waals surface area contributed by atoms with Crippen LogP contribution in [0.5, 0.6) is 0 Å². The average Bonchev–Trinajstić information content (AvgIpc) is 3.12. The lowest BCUT2D eigenvalue weighted by Crippen LogP contribution is -2.22. The molecule has 0 saturated carbocycles. The van der Waals surface area contributed by atoms with Gasteiger partial charge in [0.2, 0.25) is 0 Å². The van der Waals surface area contributed by atoms with Gasteiger partial charge in [0.15, 0.2) is 6.29 Å². The van der Waals surface area contributed by atoms with Gasteiger partial charge in [0.05, 0.1) is 29.8 Å². The third kappa shape index (κ3) is 5.20. The van der Waals surface area contributed by atoms with Crippen molar-refractivity contribution in [2.75, 3.05) is 20.3 Å². The van der Waals surface area contributed by atoms with E-state index in [-0.39, 0.29) is 16.9 Å². The number of benzene rings is 1. The minimum absolute atomic E-state index is 0.0825. The highest BCUT2D eigenvalue weighted by Gasteiger charge is 2.24. The number of hydrogen-bond donors (Lipinski definition) is 0. The van der Waals surface area contributed by atoms with Crippen LogP contribution in [0.3, 0.4) is 0 Å². The first-order chi connectivity index (χ1) is 14.0. The average molecular weight is 419 g/mol. The van der Waals surface area contributed by atoms with E-state index in [2.05, 4.69) is 0 Å². The Balaban J connectivity index is 1.76. The van der Waals surface area contributed by atoms with Crippen LogP contribution in [0.15, 0.2) is 24.3 Å². The standard InChI is InChI=1S/C21H25NO6S/c1-14-17(21(23)26-2)13-18(29-14)16-9-5-7-15(20(16)22(24)25)8-6-12-28-19-10-3-4-11-27-19/h5,7,9,13,19H,3-4,6,8,10-12H2,1-2H3. The van der Waals surface area contributed by atoms with E-state index in [1.165, 1.54) is 18.4 Å². The fraction of sp³-hybridized carbons (Fsp3) is 0.476. The molecule has 1 saturated heterocycles. The zero-order valence-corrected chi connectivity index (χ0v) is 17.5. The van der Waals surface area contributed by atoms with E-state index >= 15 is 0 Å². The number of methoxy groups -OCH3 is 1. The lowest BCUT2D eigenvalue weighted by molar-refractivity contribution is -0.384. The van der Waals surface area contributed by atoms with Crippen molar-refractivity contribution in [1.82, 2.24) is 0 Å². The molecular formula is C21H25NO6S. The van der Waals surface area contributed by atoms with E-state index in [0.29, 0.717) is 41.0 Å². The van der Waals surface area contributed by atoms with Gasteiger partial charge in [-0.15, -0.1) is 11.3 Å². The Kier molecular flexibility index (Phi) is 7.35. The molecule has 29 heavy (non-hydrogen) atoms. The zero-order valence-electron chi connectivity index (χ0n) is 16.6. The highest BCUT2D eigenvalue weighted by Crippen LogP contribution is 2.39. The summed E-state index contributed by atoms with van der Waals surface area (Å²) in [7, 11) is 1.32. The monoisotopic (exact) mass is 419 g/mol. The zero-order chi connectivity index (χ0) is 20.8. The van der Waals surface area contributed by atoms with Crippen LogP contribution in [-0.4, -0.2) is 37.5 Å². The van der Waals surface area contributed by atoms with Gasteiger partial charge in [0.1, 0.15) is 0 Å². The van der Waals surface area contributed by atoms with Crippen molar-refractivity contribution in [3.05, 3.63) is 50.4 Å². The Morgan fingerprint density at radius 1 is 1.38 bits per heavy atom. The summed E-state index contributed by atoms with van der Waals surface area (Å²) in [6.45, 7) is 3.03. The Labute approximate surface area is 173 Å². The lowest BCUT2D eigenvalue weighted by atomic mass is 10.0. The SMILES string of the molecule is COC(=O)c1cc(-c2cccc(CCCOC3CCCCO3)c2[N+](=O)[O-])sc1C. The van der Waals surface area contributed by atoms with Gasteiger partial charge in [0.25, 0.3) is 5.69 Å². The van der Waals surface area contributed by atoms with Crippen molar-refractivity contribution in [2.45, 2.75) is 45.3 Å². The second-order valence-electron chi connectivity index (χ2n) is 6.91. The highest BCUT2D eigenvalue weighted by atomic mass is 32.1. The van der Waals surface area contributed by atoms with Crippen molar-refractivity contribution < 1.29 is 23.9 Å². The number of thiophene rings is 1. The van der Waals surface area contributed by atoms with E-state index < -0.39 is 5.97 Å². The number of carbonyl (C=O) groups excluding carboxylic acids is 1. The van der Waals surface area contributed by atoms with Crippen molar-refractivity contribution in [3.8, 4) is 10.4 Å². The van der Waals surface area contributed by atoms with Gasteiger partial charge < -0.3 is 14.2 Å². The first kappa shape index (κ1) is 21.4. The van der Waals surface area contributed by atoms with E-state index in [1.807, 2.05) is 6.07 Å². The number of nitro benzene ring substituents is 1. The van der Waals surface area contributed by atoms with Gasteiger partial charge in [-0.2, -0.15) is 0 Å². The molecule has 1 fully saturated rings. The maximum Gasteiger partial charge on any atom is 0.338 e. The molecule has 1 aliphatic heterocycles. The maximum absolute atomic E-state index is 11.9. The smallest absolute Gasteiger partial charge is 0.338 e. The number of aryl methyl sites for hydroxylation is 2. The molecule has 1 aliphatic rings. The van der Waals surface area contributed by atoms with Gasteiger partial charge in [-0.1, -0.05) is 12.1 Å². The highest BCUT2D eigenvalue weighted by molar-refractivity contribution is 7.15. The van der Waals surface area contributed by atoms with Crippen molar-refractivity contribution in [3.63, 3.8) is 0 Å². The molecule has 0 bridgehead atoms. The summed E-state index contributed by atoms with van der Waals surface area (Å²) in [5, 5.41) is 11.8. The molecule has 0 radical (unpaired) electrons. The minimum atomic E-state index is -0.439. The third-order valence-corrected chi connectivity index (χ3v) is 6.01. The molecule has 7 nitrogen and oxygen atoms in total. The molecular weight excluding hydrogens is 394 g/mol. The molecule has 3 rings (SSSR count). The fourth-order valence-electron chi connectivity index (χ4n) is 3.45. The summed E-state index contributed by atoms with van der Waals surface area (Å²) < 4.78 is 16.1. The summed E-state index contributed by atoms with van der Waals surface area (Å²) in [5.74, 6) is -0.439. The van der Waals surface area contributed by atoms with Crippen molar-refractivity contribution >= 4 is 23.0 Å². The van der Waals surface area contributed by atoms with Crippen LogP contribution in [0.1, 0.15) is 46.5 Å². The number of carbonyl (C=O) groups is 1. The summed E-state index contributed by atoms with van der Waals surface area (Å²) >= 11 is 1.35. The Morgan fingerprint density at radius 2 is 2.21 bits per heavy atom. The van der Waals surface area contributed by atoms with Crippen LogP contribution in [0, 0.1) is 17.0 Å². The molecule has 8 heteroatoms. The Morgan fingerprint density at radius 3 is 2.90 bits per heavy atom. The molecule has 1 aromatic carbocycles. The van der Waals surface area contributed by atoms with E-state index in [4.69, 9.17) is 14.2 Å². The predicted molar refractivity (Wildman–Crippen MR) is 110 cm³/mol. The number of hydrogen-bond acceptors (Lipinski definition) is 7. The van der Waals surface area contributed by atoms with Crippen LogP contribution < -0.4 is 0 Å². The van der Waals surface area contributed by atoms with Gasteiger partial charge in [-0.05, 0) is 51.2 Å². The van der Waals surface area contributed by atoms with Crippen LogP contribution in [0.2, 0.25) is 0 Å². The summed E-state index contributed by atoms with van der Waals surface area (Å²) in [6, 6.07) is 6.98. The van der Waals surface area contributed by atoms with Crippen LogP contribution in [-0.2, 0) is 20.6 Å². The molecule has 0 amide bonds. The number of ether oxygens (including phenoxy) is 3. The van der Waals surface area contributed by atoms with Crippen LogP contribution in [0.25, 0.3) is 10.4 Å². The molecule has 2 aromatic rings. The molecule has 1 unspecified atom stereocenters. The normalized spacial score (nSPS) is 16.6. The number of nitro groups is 1. The van der Waals surface area contributed by atoms with E-state index in [0.717, 1.165) is 30.7 Å². The molecule has 2 heterocycles. The molecule has 1 aromatic heterocycles. The molecule has 1 atom stereocenters. The first-order valence-corrected chi connectivity index (χ1v) is 10.5. The molecule has 0 spiro atoms. The van der Waals surface area contributed by atoms with E-state index in [9.17, 15) is 14.9 Å². The van der Waals surface area contributed by atoms with Crippen molar-refractivity contribution in [2.24, 2.45) is 0 Å². The lowest BCUT2D eigenvalue weighted by Gasteiger charge is -2.22. The van der Waals surface area contributed by atoms with Gasteiger partial charge in [0, 0.05) is 21.9 Å². The number of esters is 1. The fourth-order valence-corrected chi connectivity index (χ4v) is 4.49. The maximum atomic E-state index is 11.9. The summed E-state index contributed by atoms with van der Waals surface area (Å²) in [5.41, 5.74) is 1.70. The number of nitrogens with zero attached hydrogens (tertiary/aromatic N) is 1. The molecule has 156 valence electrons. The Hall–Kier alpha value is -2.29. The summed E-state index contributed by atoms with van der Waals surface area (Å²) in [6.07, 6.45) is 4.11. The van der Waals surface area contributed by atoms with Crippen molar-refractivity contribution in [1.29, 1.82) is 0 Å². The van der Waals surface area contributed by atoms with Crippen LogP contribution in [0.4, 0.5) is 5.69 Å². The van der Waals surface area contributed by atoms with Gasteiger partial charge in [-0.25, -0.2) is 4.79 Å². The predicted octanol–water partition coefficient (Wildman–Crippen LogP) is 4.89. The molecule has 0 N–H and O–H groups in total. The molecule has 0 aliphatic carbocycles. The topological polar surface area (TPSA) is 87.9 Å². The minimum Gasteiger partial charge on any atom is -0.465 e. The second-order valence-corrected chi connectivity index (χ2v) is 8.17. The number of rotatable bonds is 8. The van der Waals surface area contributed by atoms with E-state index in [1.54, 1.807) is 25.1 Å². The Bertz CT molecular complexity index is 872. The first-order valence-electron chi connectivity index (χ1n) is 9.70. The third-order valence-electron chi connectivity index (χ3n) is 4.92.